The molecular formula is C13H19N3. The number of rotatable bonds is 3. The SMILES string of the molecule is Cc1ccc2c(CCN)nc(C(C)C)n2c1. The molecule has 0 aliphatic heterocycles. The fourth-order valence-electron chi connectivity index (χ4n) is 2.01. The summed E-state index contributed by atoms with van der Waals surface area (Å²) in [5.41, 5.74) is 9.18. The zero-order valence-electron chi connectivity index (χ0n) is 10.2. The van der Waals surface area contributed by atoms with Crippen LogP contribution in [0.15, 0.2) is 18.3 Å². The summed E-state index contributed by atoms with van der Waals surface area (Å²) < 4.78 is 2.20. The lowest BCUT2D eigenvalue weighted by Crippen LogP contribution is -2.03. The minimum absolute atomic E-state index is 0.431. The van der Waals surface area contributed by atoms with Crippen LogP contribution in [0.5, 0.6) is 0 Å². The Bertz CT molecular complexity index is 497. The second kappa shape index (κ2) is 4.26. The third-order valence-corrected chi connectivity index (χ3v) is 2.79. The van der Waals surface area contributed by atoms with Crippen molar-refractivity contribution in [1.82, 2.24) is 9.38 Å². The molecule has 2 heterocycles. The first-order valence-corrected chi connectivity index (χ1v) is 5.81. The lowest BCUT2D eigenvalue weighted by Gasteiger charge is -2.04. The summed E-state index contributed by atoms with van der Waals surface area (Å²) >= 11 is 0. The molecule has 0 saturated heterocycles. The number of hydrogen-bond acceptors (Lipinski definition) is 2. The normalized spacial score (nSPS) is 11.6. The highest BCUT2D eigenvalue weighted by Gasteiger charge is 2.12. The molecular weight excluding hydrogens is 198 g/mol. The molecule has 0 bridgehead atoms. The molecule has 0 aliphatic carbocycles. The van der Waals surface area contributed by atoms with Crippen LogP contribution in [0.1, 0.15) is 36.8 Å². The highest BCUT2D eigenvalue weighted by molar-refractivity contribution is 5.54. The first-order chi connectivity index (χ1) is 7.63. The number of pyridine rings is 1. The van der Waals surface area contributed by atoms with E-state index in [9.17, 15) is 0 Å². The fraction of sp³-hybridized carbons (Fsp3) is 0.462. The quantitative estimate of drug-likeness (QED) is 0.857. The van der Waals surface area contributed by atoms with Crippen LogP contribution >= 0.6 is 0 Å². The van der Waals surface area contributed by atoms with E-state index in [1.54, 1.807) is 0 Å². The largest absolute Gasteiger partial charge is 0.330 e. The van der Waals surface area contributed by atoms with E-state index >= 15 is 0 Å². The van der Waals surface area contributed by atoms with Crippen molar-refractivity contribution >= 4 is 5.52 Å². The number of imidazole rings is 1. The highest BCUT2D eigenvalue weighted by atomic mass is 15.0. The molecule has 16 heavy (non-hydrogen) atoms. The number of hydrogen-bond donors (Lipinski definition) is 1. The molecule has 2 rings (SSSR count). The number of aryl methyl sites for hydroxylation is 1. The minimum Gasteiger partial charge on any atom is -0.330 e. The zero-order valence-corrected chi connectivity index (χ0v) is 10.2. The van der Waals surface area contributed by atoms with E-state index in [1.165, 1.54) is 11.1 Å². The molecule has 2 aromatic heterocycles. The van der Waals surface area contributed by atoms with Gasteiger partial charge in [0.2, 0.25) is 0 Å². The molecule has 0 unspecified atom stereocenters. The van der Waals surface area contributed by atoms with Gasteiger partial charge in [-0.25, -0.2) is 4.98 Å². The maximum absolute atomic E-state index is 5.62. The summed E-state index contributed by atoms with van der Waals surface area (Å²) in [6.45, 7) is 7.09. The number of fused-ring (bicyclic) bond motifs is 1. The Morgan fingerprint density at radius 3 is 2.75 bits per heavy atom. The van der Waals surface area contributed by atoms with Crippen LogP contribution in [0, 0.1) is 6.92 Å². The summed E-state index contributed by atoms with van der Waals surface area (Å²) in [5.74, 6) is 1.56. The van der Waals surface area contributed by atoms with E-state index in [0.29, 0.717) is 12.5 Å². The minimum atomic E-state index is 0.431. The van der Waals surface area contributed by atoms with Crippen LogP contribution in [-0.2, 0) is 6.42 Å². The molecule has 0 radical (unpaired) electrons. The monoisotopic (exact) mass is 217 g/mol. The van der Waals surface area contributed by atoms with Crippen molar-refractivity contribution in [2.45, 2.75) is 33.1 Å². The lowest BCUT2D eigenvalue weighted by atomic mass is 10.2. The van der Waals surface area contributed by atoms with Crippen LogP contribution in [0.4, 0.5) is 0 Å². The van der Waals surface area contributed by atoms with Gasteiger partial charge in [-0.15, -0.1) is 0 Å². The van der Waals surface area contributed by atoms with E-state index in [-0.39, 0.29) is 0 Å². The van der Waals surface area contributed by atoms with Gasteiger partial charge in [0.05, 0.1) is 11.2 Å². The van der Waals surface area contributed by atoms with Crippen LogP contribution in [-0.4, -0.2) is 15.9 Å². The first kappa shape index (κ1) is 11.1. The van der Waals surface area contributed by atoms with Gasteiger partial charge in [0.15, 0.2) is 0 Å². The van der Waals surface area contributed by atoms with Crippen LogP contribution in [0.2, 0.25) is 0 Å². The summed E-state index contributed by atoms with van der Waals surface area (Å²) in [6, 6.07) is 4.26. The lowest BCUT2D eigenvalue weighted by molar-refractivity contribution is 0.763. The van der Waals surface area contributed by atoms with Gasteiger partial charge >= 0.3 is 0 Å². The Morgan fingerprint density at radius 2 is 2.12 bits per heavy atom. The van der Waals surface area contributed by atoms with Crippen LogP contribution in [0.25, 0.3) is 5.52 Å². The Kier molecular flexibility index (Phi) is 2.97. The van der Waals surface area contributed by atoms with Gasteiger partial charge in [-0.3, -0.25) is 0 Å². The topological polar surface area (TPSA) is 43.3 Å². The molecule has 0 fully saturated rings. The van der Waals surface area contributed by atoms with Crippen molar-refractivity contribution in [3.05, 3.63) is 35.4 Å². The molecule has 0 amide bonds. The highest BCUT2D eigenvalue weighted by Crippen LogP contribution is 2.20. The standard InChI is InChI=1S/C13H19N3/c1-9(2)13-15-11(6-7-14)12-5-4-10(3)8-16(12)13/h4-5,8-9H,6-7,14H2,1-3H3. The van der Waals surface area contributed by atoms with Gasteiger partial charge in [0.25, 0.3) is 0 Å². The van der Waals surface area contributed by atoms with Crippen molar-refractivity contribution in [3.8, 4) is 0 Å². The van der Waals surface area contributed by atoms with Gasteiger partial charge in [-0.05, 0) is 25.1 Å². The van der Waals surface area contributed by atoms with Gasteiger partial charge in [0.1, 0.15) is 5.82 Å². The Morgan fingerprint density at radius 1 is 1.38 bits per heavy atom. The predicted molar refractivity (Wildman–Crippen MR) is 66.8 cm³/mol. The van der Waals surface area contributed by atoms with Crippen molar-refractivity contribution in [2.24, 2.45) is 5.73 Å². The molecule has 0 aliphatic rings. The first-order valence-electron chi connectivity index (χ1n) is 5.81. The molecule has 86 valence electrons. The molecule has 0 aromatic carbocycles. The zero-order chi connectivity index (χ0) is 11.7. The van der Waals surface area contributed by atoms with Crippen molar-refractivity contribution < 1.29 is 0 Å². The molecule has 2 aromatic rings. The van der Waals surface area contributed by atoms with Crippen molar-refractivity contribution in [3.63, 3.8) is 0 Å². The molecule has 0 saturated carbocycles. The second-order valence-electron chi connectivity index (χ2n) is 4.57. The van der Waals surface area contributed by atoms with Crippen molar-refractivity contribution in [2.75, 3.05) is 6.54 Å². The third-order valence-electron chi connectivity index (χ3n) is 2.79. The maximum atomic E-state index is 5.62. The fourth-order valence-corrected chi connectivity index (χ4v) is 2.01. The molecule has 3 nitrogen and oxygen atoms in total. The second-order valence-corrected chi connectivity index (χ2v) is 4.57. The molecule has 0 atom stereocenters. The van der Waals surface area contributed by atoms with Gasteiger partial charge < -0.3 is 10.1 Å². The van der Waals surface area contributed by atoms with Crippen LogP contribution < -0.4 is 5.73 Å². The van der Waals surface area contributed by atoms with E-state index < -0.39 is 0 Å². The average Bonchev–Trinajstić information content (AvgIpc) is 2.57. The summed E-state index contributed by atoms with van der Waals surface area (Å²) in [6.07, 6.45) is 3.00. The van der Waals surface area contributed by atoms with Crippen molar-refractivity contribution in [1.29, 1.82) is 0 Å². The number of nitrogens with zero attached hydrogens (tertiary/aromatic N) is 2. The third kappa shape index (κ3) is 1.83. The van der Waals surface area contributed by atoms with E-state index in [0.717, 1.165) is 17.9 Å². The summed E-state index contributed by atoms with van der Waals surface area (Å²) in [5, 5.41) is 0. The number of aromatic nitrogens is 2. The Labute approximate surface area is 96.3 Å². The average molecular weight is 217 g/mol. The van der Waals surface area contributed by atoms with Gasteiger partial charge in [-0.2, -0.15) is 0 Å². The maximum Gasteiger partial charge on any atom is 0.116 e. The van der Waals surface area contributed by atoms with Crippen LogP contribution in [0.3, 0.4) is 0 Å². The molecule has 2 N–H and O–H groups in total. The smallest absolute Gasteiger partial charge is 0.116 e. The molecule has 0 spiro atoms. The van der Waals surface area contributed by atoms with Gasteiger partial charge in [0, 0.05) is 18.5 Å². The van der Waals surface area contributed by atoms with E-state index in [1.807, 2.05) is 0 Å². The van der Waals surface area contributed by atoms with E-state index in [2.05, 4.69) is 43.5 Å². The number of nitrogens with two attached hydrogens (primary N) is 1. The summed E-state index contributed by atoms with van der Waals surface area (Å²) in [7, 11) is 0. The summed E-state index contributed by atoms with van der Waals surface area (Å²) in [4.78, 5) is 4.70. The predicted octanol–water partition coefficient (Wildman–Crippen LogP) is 2.27. The van der Waals surface area contributed by atoms with E-state index in [4.69, 9.17) is 10.7 Å². The van der Waals surface area contributed by atoms with Gasteiger partial charge in [-0.1, -0.05) is 19.9 Å². The Hall–Kier alpha value is -1.35. The Balaban J connectivity index is 2.66. The molecule has 3 heteroatoms.